The molecule has 1 atom stereocenters. The van der Waals surface area contributed by atoms with Crippen LogP contribution >= 0.6 is 0 Å². The van der Waals surface area contributed by atoms with E-state index in [1.165, 1.54) is 0 Å². The Morgan fingerprint density at radius 3 is 2.91 bits per heavy atom. The van der Waals surface area contributed by atoms with E-state index < -0.39 is 0 Å². The van der Waals surface area contributed by atoms with Gasteiger partial charge in [0.15, 0.2) is 5.82 Å². The van der Waals surface area contributed by atoms with Crippen molar-refractivity contribution in [1.29, 1.82) is 0 Å². The number of nitrogens with zero attached hydrogens (tertiary/aromatic N) is 3. The normalized spacial score (nSPS) is 13.3. The van der Waals surface area contributed by atoms with Crippen molar-refractivity contribution in [3.05, 3.63) is 5.82 Å². The van der Waals surface area contributed by atoms with Gasteiger partial charge in [0.05, 0.1) is 0 Å². The summed E-state index contributed by atoms with van der Waals surface area (Å²) in [6.07, 6.45) is 1.91. The molecule has 62 valence electrons. The maximum absolute atomic E-state index is 3.86. The number of aromatic nitrogens is 4. The number of H-pyrrole nitrogens is 1. The second kappa shape index (κ2) is 4.02. The van der Waals surface area contributed by atoms with Crippen LogP contribution in [0.4, 0.5) is 0 Å². The molecule has 11 heavy (non-hydrogen) atoms. The summed E-state index contributed by atoms with van der Waals surface area (Å²) in [6, 6.07) is 0.451. The van der Waals surface area contributed by atoms with Gasteiger partial charge in [0.2, 0.25) is 0 Å². The maximum atomic E-state index is 3.86. The molecule has 0 aromatic carbocycles. The summed E-state index contributed by atoms with van der Waals surface area (Å²) in [5.74, 6) is 0.770. The van der Waals surface area contributed by atoms with Gasteiger partial charge in [0, 0.05) is 12.5 Å². The van der Waals surface area contributed by atoms with Crippen LogP contribution < -0.4 is 5.32 Å². The van der Waals surface area contributed by atoms with Gasteiger partial charge in [-0.15, -0.1) is 10.2 Å². The molecule has 0 amide bonds. The van der Waals surface area contributed by atoms with Gasteiger partial charge >= 0.3 is 0 Å². The predicted molar refractivity (Wildman–Crippen MR) is 41.0 cm³/mol. The highest BCUT2D eigenvalue weighted by molar-refractivity contribution is 4.82. The Labute approximate surface area is 65.6 Å². The molecule has 0 radical (unpaired) electrons. The second-order valence-corrected chi connectivity index (χ2v) is 2.43. The van der Waals surface area contributed by atoms with E-state index >= 15 is 0 Å². The first kappa shape index (κ1) is 8.13. The Balaban J connectivity index is 2.41. The topological polar surface area (TPSA) is 66.5 Å². The van der Waals surface area contributed by atoms with Crippen molar-refractivity contribution in [3.63, 3.8) is 0 Å². The molecule has 1 aromatic heterocycles. The Morgan fingerprint density at radius 2 is 2.45 bits per heavy atom. The highest BCUT2D eigenvalue weighted by Gasteiger charge is 2.06. The second-order valence-electron chi connectivity index (χ2n) is 2.43. The SMILES string of the molecule is CCC(Cc1nn[nH]n1)NC. The minimum Gasteiger partial charge on any atom is -0.317 e. The molecule has 1 unspecified atom stereocenters. The van der Waals surface area contributed by atoms with E-state index in [1.807, 2.05) is 7.05 Å². The van der Waals surface area contributed by atoms with Crippen LogP contribution in [0.5, 0.6) is 0 Å². The average Bonchev–Trinajstić information content (AvgIpc) is 2.52. The summed E-state index contributed by atoms with van der Waals surface area (Å²) in [5.41, 5.74) is 0. The first-order valence-corrected chi connectivity index (χ1v) is 3.76. The molecule has 0 aliphatic heterocycles. The summed E-state index contributed by atoms with van der Waals surface area (Å²) < 4.78 is 0. The van der Waals surface area contributed by atoms with Crippen LogP contribution in [0.2, 0.25) is 0 Å². The summed E-state index contributed by atoms with van der Waals surface area (Å²) >= 11 is 0. The number of tetrazole rings is 1. The van der Waals surface area contributed by atoms with E-state index in [0.29, 0.717) is 6.04 Å². The van der Waals surface area contributed by atoms with Crippen LogP contribution in [-0.2, 0) is 6.42 Å². The van der Waals surface area contributed by atoms with E-state index in [4.69, 9.17) is 0 Å². The molecular weight excluding hydrogens is 142 g/mol. The molecule has 0 fully saturated rings. The number of hydrogen-bond acceptors (Lipinski definition) is 4. The van der Waals surface area contributed by atoms with Crippen molar-refractivity contribution >= 4 is 0 Å². The number of aromatic amines is 1. The first-order chi connectivity index (χ1) is 5.36. The van der Waals surface area contributed by atoms with E-state index in [1.54, 1.807) is 0 Å². The molecule has 0 saturated carbocycles. The summed E-state index contributed by atoms with van der Waals surface area (Å²) in [6.45, 7) is 2.13. The van der Waals surface area contributed by atoms with Crippen molar-refractivity contribution in [2.75, 3.05) is 7.05 Å². The van der Waals surface area contributed by atoms with Gasteiger partial charge in [-0.2, -0.15) is 5.21 Å². The predicted octanol–water partition coefficient (Wildman–Crippen LogP) is -0.260. The van der Waals surface area contributed by atoms with Crippen molar-refractivity contribution in [3.8, 4) is 0 Å². The van der Waals surface area contributed by atoms with Crippen LogP contribution in [-0.4, -0.2) is 33.7 Å². The summed E-state index contributed by atoms with van der Waals surface area (Å²) in [4.78, 5) is 0. The molecule has 0 aliphatic carbocycles. The Morgan fingerprint density at radius 1 is 1.64 bits per heavy atom. The standard InChI is InChI=1S/C6H13N5/c1-3-5(7-2)4-6-8-10-11-9-6/h5,7H,3-4H2,1-2H3,(H,8,9,10,11). The fraction of sp³-hybridized carbons (Fsp3) is 0.833. The lowest BCUT2D eigenvalue weighted by Crippen LogP contribution is -2.26. The van der Waals surface area contributed by atoms with Crippen LogP contribution in [0.3, 0.4) is 0 Å². The van der Waals surface area contributed by atoms with E-state index in [0.717, 1.165) is 18.7 Å². The van der Waals surface area contributed by atoms with Gasteiger partial charge in [-0.25, -0.2) is 0 Å². The smallest absolute Gasteiger partial charge is 0.176 e. The van der Waals surface area contributed by atoms with Gasteiger partial charge in [0.1, 0.15) is 0 Å². The van der Waals surface area contributed by atoms with Crippen molar-refractivity contribution < 1.29 is 0 Å². The van der Waals surface area contributed by atoms with Crippen molar-refractivity contribution in [2.24, 2.45) is 0 Å². The van der Waals surface area contributed by atoms with Gasteiger partial charge in [-0.05, 0) is 13.5 Å². The molecular formula is C6H13N5. The number of rotatable bonds is 4. The van der Waals surface area contributed by atoms with Crippen molar-refractivity contribution in [1.82, 2.24) is 25.9 Å². The lowest BCUT2D eigenvalue weighted by Gasteiger charge is -2.09. The largest absolute Gasteiger partial charge is 0.317 e. The minimum absolute atomic E-state index is 0.451. The van der Waals surface area contributed by atoms with Crippen LogP contribution in [0.25, 0.3) is 0 Å². The third kappa shape index (κ3) is 2.27. The Bertz CT molecular complexity index is 179. The quantitative estimate of drug-likeness (QED) is 0.628. The van der Waals surface area contributed by atoms with Gasteiger partial charge < -0.3 is 5.32 Å². The molecule has 0 bridgehead atoms. The summed E-state index contributed by atoms with van der Waals surface area (Å²) in [5, 5.41) is 16.8. The zero-order chi connectivity index (χ0) is 8.10. The molecule has 5 heteroatoms. The van der Waals surface area contributed by atoms with E-state index in [2.05, 4.69) is 32.9 Å². The lowest BCUT2D eigenvalue weighted by atomic mass is 10.1. The Kier molecular flexibility index (Phi) is 2.97. The molecule has 1 aromatic rings. The number of hydrogen-bond donors (Lipinski definition) is 2. The molecule has 1 heterocycles. The molecule has 5 nitrogen and oxygen atoms in total. The third-order valence-corrected chi connectivity index (χ3v) is 1.72. The fourth-order valence-corrected chi connectivity index (χ4v) is 0.940. The molecule has 1 rings (SSSR count). The zero-order valence-electron chi connectivity index (χ0n) is 6.83. The van der Waals surface area contributed by atoms with Crippen LogP contribution in [0.1, 0.15) is 19.2 Å². The highest BCUT2D eigenvalue weighted by Crippen LogP contribution is 1.96. The first-order valence-electron chi connectivity index (χ1n) is 3.76. The van der Waals surface area contributed by atoms with E-state index in [-0.39, 0.29) is 0 Å². The maximum Gasteiger partial charge on any atom is 0.176 e. The minimum atomic E-state index is 0.451. The van der Waals surface area contributed by atoms with Crippen LogP contribution in [0, 0.1) is 0 Å². The number of likely N-dealkylation sites (N-methyl/N-ethyl adjacent to an activating group) is 1. The average molecular weight is 155 g/mol. The monoisotopic (exact) mass is 155 g/mol. The molecule has 0 aliphatic rings. The zero-order valence-corrected chi connectivity index (χ0v) is 6.83. The third-order valence-electron chi connectivity index (χ3n) is 1.72. The number of nitrogens with one attached hydrogen (secondary N) is 2. The van der Waals surface area contributed by atoms with Gasteiger partial charge in [-0.1, -0.05) is 12.1 Å². The van der Waals surface area contributed by atoms with Crippen molar-refractivity contribution in [2.45, 2.75) is 25.8 Å². The molecule has 2 N–H and O–H groups in total. The molecule has 0 spiro atoms. The van der Waals surface area contributed by atoms with Crippen LogP contribution in [0.15, 0.2) is 0 Å². The highest BCUT2D eigenvalue weighted by atomic mass is 15.5. The van der Waals surface area contributed by atoms with Gasteiger partial charge in [-0.3, -0.25) is 0 Å². The Hall–Kier alpha value is -0.970. The fourth-order valence-electron chi connectivity index (χ4n) is 0.940. The van der Waals surface area contributed by atoms with Gasteiger partial charge in [0.25, 0.3) is 0 Å². The lowest BCUT2D eigenvalue weighted by molar-refractivity contribution is 0.531. The summed E-state index contributed by atoms with van der Waals surface area (Å²) in [7, 11) is 1.94. The molecule has 0 saturated heterocycles. The van der Waals surface area contributed by atoms with E-state index in [9.17, 15) is 0 Å².